The molecule has 5 heteroatoms. The van der Waals surface area contributed by atoms with E-state index >= 15 is 0 Å². The molecule has 2 aliphatic rings. The van der Waals surface area contributed by atoms with Gasteiger partial charge in [0, 0.05) is 11.6 Å². The average Bonchev–Trinajstić information content (AvgIpc) is 2.92. The first-order valence-corrected chi connectivity index (χ1v) is 10.2. The summed E-state index contributed by atoms with van der Waals surface area (Å²) in [6, 6.07) is 10.1. The number of benzene rings is 1. The maximum Gasteiger partial charge on any atom is 0.234 e. The quantitative estimate of drug-likeness (QED) is 0.852. The van der Waals surface area contributed by atoms with Crippen molar-refractivity contribution in [3.63, 3.8) is 0 Å². The highest BCUT2D eigenvalue weighted by molar-refractivity contribution is 5.80. The number of rotatable bonds is 5. The van der Waals surface area contributed by atoms with Crippen LogP contribution in [0.4, 0.5) is 0 Å². The maximum atomic E-state index is 12.8. The van der Waals surface area contributed by atoms with Crippen molar-refractivity contribution in [3.05, 3.63) is 42.1 Å². The highest BCUT2D eigenvalue weighted by Gasteiger charge is 2.36. The molecule has 5 nitrogen and oxygen atoms in total. The van der Waals surface area contributed by atoms with E-state index in [1.807, 2.05) is 24.4 Å². The van der Waals surface area contributed by atoms with Gasteiger partial charge in [-0.1, -0.05) is 31.0 Å². The Hall–Kier alpha value is -1.98. The summed E-state index contributed by atoms with van der Waals surface area (Å²) >= 11 is 0. The molecule has 2 N–H and O–H groups in total. The van der Waals surface area contributed by atoms with Gasteiger partial charge in [0.2, 0.25) is 5.91 Å². The summed E-state index contributed by atoms with van der Waals surface area (Å²) < 4.78 is 0. The summed E-state index contributed by atoms with van der Waals surface area (Å²) in [6.07, 6.45) is 8.01. The number of aromatic nitrogens is 1. The number of hydrogen-bond acceptors (Lipinski definition) is 4. The van der Waals surface area contributed by atoms with Gasteiger partial charge in [-0.25, -0.2) is 0 Å². The Bertz CT molecular complexity index is 780. The van der Waals surface area contributed by atoms with E-state index in [1.54, 1.807) is 0 Å². The van der Waals surface area contributed by atoms with Crippen molar-refractivity contribution in [1.82, 2.24) is 15.2 Å². The normalized spacial score (nSPS) is 24.8. The molecule has 144 valence electrons. The summed E-state index contributed by atoms with van der Waals surface area (Å²) in [5.41, 5.74) is 2.00. The van der Waals surface area contributed by atoms with Gasteiger partial charge in [-0.05, 0) is 62.4 Å². The summed E-state index contributed by atoms with van der Waals surface area (Å²) in [7, 11) is 0. The van der Waals surface area contributed by atoms with Crippen LogP contribution in [0.5, 0.6) is 0 Å². The highest BCUT2D eigenvalue weighted by atomic mass is 16.3. The number of fused-ring (bicyclic) bond motifs is 1. The third-order valence-corrected chi connectivity index (χ3v) is 5.97. The minimum atomic E-state index is -0.242. The lowest BCUT2D eigenvalue weighted by atomic mass is 9.75. The molecule has 1 saturated carbocycles. The van der Waals surface area contributed by atoms with Crippen molar-refractivity contribution in [2.24, 2.45) is 5.92 Å². The van der Waals surface area contributed by atoms with Crippen molar-refractivity contribution in [1.29, 1.82) is 0 Å². The number of amides is 1. The lowest BCUT2D eigenvalue weighted by Gasteiger charge is -2.38. The Labute approximate surface area is 160 Å². The maximum absolute atomic E-state index is 12.8. The van der Waals surface area contributed by atoms with Gasteiger partial charge in [0.15, 0.2) is 0 Å². The summed E-state index contributed by atoms with van der Waals surface area (Å²) in [5.74, 6) is 0.354. The Balaban J connectivity index is 1.49. The van der Waals surface area contributed by atoms with Crippen LogP contribution >= 0.6 is 0 Å². The molecule has 2 fully saturated rings. The minimum Gasteiger partial charge on any atom is -0.393 e. The van der Waals surface area contributed by atoms with E-state index in [9.17, 15) is 9.90 Å². The molecule has 0 unspecified atom stereocenters. The molecule has 2 heterocycles. The smallest absolute Gasteiger partial charge is 0.234 e. The molecule has 1 atom stereocenters. The molecular weight excluding hydrogens is 338 g/mol. The van der Waals surface area contributed by atoms with E-state index in [1.165, 1.54) is 25.7 Å². The molecule has 4 rings (SSSR count). The van der Waals surface area contributed by atoms with E-state index in [0.29, 0.717) is 6.54 Å². The monoisotopic (exact) mass is 367 g/mol. The van der Waals surface area contributed by atoms with E-state index < -0.39 is 0 Å². The highest BCUT2D eigenvalue weighted by Crippen LogP contribution is 2.38. The Morgan fingerprint density at radius 3 is 2.67 bits per heavy atom. The zero-order valence-corrected chi connectivity index (χ0v) is 15.8. The number of hydrogen-bond donors (Lipinski definition) is 2. The van der Waals surface area contributed by atoms with Crippen LogP contribution in [0.15, 0.2) is 36.5 Å². The first kappa shape index (κ1) is 18.4. The largest absolute Gasteiger partial charge is 0.393 e. The second kappa shape index (κ2) is 8.36. The number of nitrogens with zero attached hydrogens (tertiary/aromatic N) is 2. The topological polar surface area (TPSA) is 65.5 Å². The number of pyridine rings is 1. The van der Waals surface area contributed by atoms with Crippen LogP contribution < -0.4 is 5.32 Å². The zero-order valence-electron chi connectivity index (χ0n) is 15.8. The van der Waals surface area contributed by atoms with Crippen molar-refractivity contribution < 1.29 is 9.90 Å². The minimum absolute atomic E-state index is 0.0787. The summed E-state index contributed by atoms with van der Waals surface area (Å²) in [5, 5.41) is 14.1. The van der Waals surface area contributed by atoms with Crippen LogP contribution in [-0.2, 0) is 4.79 Å². The molecular formula is C22H29N3O2. The number of likely N-dealkylation sites (tertiary alicyclic amines) is 1. The second-order valence-electron chi connectivity index (χ2n) is 8.08. The molecule has 1 aromatic heterocycles. The third-order valence-electron chi connectivity index (χ3n) is 5.97. The summed E-state index contributed by atoms with van der Waals surface area (Å²) in [6.45, 7) is 2.49. The molecule has 0 radical (unpaired) electrons. The molecule has 1 aliphatic heterocycles. The predicted molar refractivity (Wildman–Crippen MR) is 106 cm³/mol. The molecule has 1 aromatic carbocycles. The van der Waals surface area contributed by atoms with E-state index in [0.717, 1.165) is 42.4 Å². The van der Waals surface area contributed by atoms with Crippen LogP contribution in [0.3, 0.4) is 0 Å². The average molecular weight is 367 g/mol. The van der Waals surface area contributed by atoms with Crippen molar-refractivity contribution in [2.75, 3.05) is 19.6 Å². The first-order chi connectivity index (χ1) is 13.2. The van der Waals surface area contributed by atoms with Crippen LogP contribution in [0.2, 0.25) is 0 Å². The van der Waals surface area contributed by atoms with Gasteiger partial charge in [0.1, 0.15) is 0 Å². The Morgan fingerprint density at radius 1 is 1.19 bits per heavy atom. The lowest BCUT2D eigenvalue weighted by Crippen LogP contribution is -2.45. The molecule has 1 amide bonds. The molecule has 2 aromatic rings. The van der Waals surface area contributed by atoms with Crippen molar-refractivity contribution >= 4 is 16.8 Å². The SMILES string of the molecule is O=C(CN1CCCCCC1)N[C@H](c1cnc2ccccc2c1)C1CC(O)C1. The van der Waals surface area contributed by atoms with Crippen molar-refractivity contribution in [3.8, 4) is 0 Å². The van der Waals surface area contributed by atoms with E-state index in [2.05, 4.69) is 27.3 Å². The van der Waals surface area contributed by atoms with Crippen LogP contribution in [0.1, 0.15) is 50.1 Å². The van der Waals surface area contributed by atoms with Crippen LogP contribution in [0, 0.1) is 5.92 Å². The summed E-state index contributed by atoms with van der Waals surface area (Å²) in [4.78, 5) is 19.6. The standard InChI is InChI=1S/C22H29N3O2/c26-19-12-17(13-19)22(18-11-16-7-3-4-8-20(16)23-14-18)24-21(27)15-25-9-5-1-2-6-10-25/h3-4,7-8,11,14,17,19,22,26H,1-2,5-6,9-10,12-13,15H2,(H,24,27)/t17?,19?,22-/m0/s1. The molecule has 0 bridgehead atoms. The van der Waals surface area contributed by atoms with Gasteiger partial charge in [-0.2, -0.15) is 0 Å². The number of aliphatic hydroxyl groups excluding tert-OH is 1. The first-order valence-electron chi connectivity index (χ1n) is 10.2. The van der Waals surface area contributed by atoms with E-state index in [-0.39, 0.29) is 24.0 Å². The number of nitrogens with one attached hydrogen (secondary N) is 1. The Morgan fingerprint density at radius 2 is 1.93 bits per heavy atom. The molecule has 27 heavy (non-hydrogen) atoms. The number of aliphatic hydroxyl groups is 1. The van der Waals surface area contributed by atoms with Gasteiger partial charge < -0.3 is 10.4 Å². The van der Waals surface area contributed by atoms with Gasteiger partial charge >= 0.3 is 0 Å². The lowest BCUT2D eigenvalue weighted by molar-refractivity contribution is -0.124. The molecule has 1 aliphatic carbocycles. The van der Waals surface area contributed by atoms with Gasteiger partial charge in [0.25, 0.3) is 0 Å². The fourth-order valence-corrected chi connectivity index (χ4v) is 4.35. The number of para-hydroxylation sites is 1. The van der Waals surface area contributed by atoms with Gasteiger partial charge in [-0.15, -0.1) is 0 Å². The van der Waals surface area contributed by atoms with Crippen molar-refractivity contribution in [2.45, 2.75) is 50.7 Å². The predicted octanol–water partition coefficient (Wildman–Crippen LogP) is 3.04. The fourth-order valence-electron chi connectivity index (χ4n) is 4.35. The fraction of sp³-hybridized carbons (Fsp3) is 0.545. The number of carbonyl (C=O) groups is 1. The van der Waals surface area contributed by atoms with Crippen LogP contribution in [0.25, 0.3) is 10.9 Å². The third kappa shape index (κ3) is 4.47. The van der Waals surface area contributed by atoms with Crippen LogP contribution in [-0.4, -0.2) is 46.6 Å². The van der Waals surface area contributed by atoms with E-state index in [4.69, 9.17) is 0 Å². The number of carbonyl (C=O) groups excluding carboxylic acids is 1. The zero-order chi connectivity index (χ0) is 18.6. The molecule has 0 spiro atoms. The van der Waals surface area contributed by atoms with Gasteiger partial charge in [-0.3, -0.25) is 14.7 Å². The molecule has 1 saturated heterocycles. The second-order valence-corrected chi connectivity index (χ2v) is 8.08. The Kier molecular flexibility index (Phi) is 5.69. The van der Waals surface area contributed by atoms with Gasteiger partial charge in [0.05, 0.1) is 24.2 Å².